The molecule has 1 aliphatic heterocycles. The van der Waals surface area contributed by atoms with Gasteiger partial charge in [0.2, 0.25) is 0 Å². The number of hydrogen-bond acceptors (Lipinski definition) is 5. The first-order valence-corrected chi connectivity index (χ1v) is 8.24. The van der Waals surface area contributed by atoms with Crippen molar-refractivity contribution in [3.63, 3.8) is 0 Å². The molecule has 3 rings (SSSR count). The topological polar surface area (TPSA) is 76.8 Å². The second-order valence-electron chi connectivity index (χ2n) is 6.42. The first-order valence-electron chi connectivity index (χ1n) is 8.24. The quantitative estimate of drug-likeness (QED) is 0.895. The predicted octanol–water partition coefficient (Wildman–Crippen LogP) is 1.01. The number of ether oxygens (including phenoxy) is 2. The summed E-state index contributed by atoms with van der Waals surface area (Å²) in [6, 6.07) is 7.61. The molecule has 0 saturated carbocycles. The standard InChI is InChI=1S/C18H23N3O4/c1-14-5-3-4-6-15(14)25-13-18(23)11-21(9-10-24-12-18)17(22)16-19-7-8-20(16)2/h3-8,23H,9-13H2,1-2H3/t18-/m1/s1. The maximum atomic E-state index is 12.7. The summed E-state index contributed by atoms with van der Waals surface area (Å²) < 4.78 is 13.0. The number of imidazole rings is 1. The Morgan fingerprint density at radius 1 is 1.44 bits per heavy atom. The summed E-state index contributed by atoms with van der Waals surface area (Å²) in [6.45, 7) is 3.00. The van der Waals surface area contributed by atoms with Gasteiger partial charge in [-0.3, -0.25) is 4.79 Å². The van der Waals surface area contributed by atoms with Crippen LogP contribution in [0.2, 0.25) is 0 Å². The lowest BCUT2D eigenvalue weighted by molar-refractivity contribution is -0.0622. The Balaban J connectivity index is 1.71. The van der Waals surface area contributed by atoms with E-state index in [-0.39, 0.29) is 25.7 Å². The van der Waals surface area contributed by atoms with Crippen molar-refractivity contribution in [1.29, 1.82) is 0 Å². The molecule has 0 bridgehead atoms. The lowest BCUT2D eigenvalue weighted by Gasteiger charge is -2.30. The smallest absolute Gasteiger partial charge is 0.290 e. The minimum Gasteiger partial charge on any atom is -0.490 e. The zero-order valence-electron chi connectivity index (χ0n) is 14.5. The second-order valence-corrected chi connectivity index (χ2v) is 6.42. The van der Waals surface area contributed by atoms with Crippen molar-refractivity contribution >= 4 is 5.91 Å². The van der Waals surface area contributed by atoms with E-state index in [1.165, 1.54) is 0 Å². The molecule has 7 nitrogen and oxygen atoms in total. The van der Waals surface area contributed by atoms with E-state index < -0.39 is 5.60 Å². The molecule has 1 aromatic heterocycles. The molecular weight excluding hydrogens is 322 g/mol. The molecule has 0 aliphatic carbocycles. The second kappa shape index (κ2) is 7.25. The molecule has 25 heavy (non-hydrogen) atoms. The third-order valence-corrected chi connectivity index (χ3v) is 4.25. The fourth-order valence-electron chi connectivity index (χ4n) is 2.82. The first kappa shape index (κ1) is 17.4. The molecule has 7 heteroatoms. The highest BCUT2D eigenvalue weighted by Gasteiger charge is 2.36. The van der Waals surface area contributed by atoms with E-state index >= 15 is 0 Å². The highest BCUT2D eigenvalue weighted by molar-refractivity contribution is 5.90. The number of aliphatic hydroxyl groups is 1. The molecule has 1 atom stereocenters. The third kappa shape index (κ3) is 4.00. The average molecular weight is 345 g/mol. The largest absolute Gasteiger partial charge is 0.490 e. The van der Waals surface area contributed by atoms with Crippen LogP contribution in [0.4, 0.5) is 0 Å². The van der Waals surface area contributed by atoms with Crippen LogP contribution in [0.3, 0.4) is 0 Å². The number of aryl methyl sites for hydroxylation is 2. The molecule has 0 radical (unpaired) electrons. The van der Waals surface area contributed by atoms with Crippen molar-refractivity contribution in [2.75, 3.05) is 32.9 Å². The number of carbonyl (C=O) groups excluding carboxylic acids is 1. The highest BCUT2D eigenvalue weighted by Crippen LogP contribution is 2.20. The summed E-state index contributed by atoms with van der Waals surface area (Å²) in [4.78, 5) is 18.3. The van der Waals surface area contributed by atoms with Crippen LogP contribution in [-0.4, -0.2) is 64.0 Å². The fraction of sp³-hybridized carbons (Fsp3) is 0.444. The van der Waals surface area contributed by atoms with E-state index in [0.717, 1.165) is 5.56 Å². The van der Waals surface area contributed by atoms with Crippen LogP contribution in [0.25, 0.3) is 0 Å². The van der Waals surface area contributed by atoms with Gasteiger partial charge in [0.15, 0.2) is 5.82 Å². The van der Waals surface area contributed by atoms with E-state index in [9.17, 15) is 9.90 Å². The van der Waals surface area contributed by atoms with Crippen LogP contribution in [-0.2, 0) is 11.8 Å². The Hall–Kier alpha value is -2.38. The highest BCUT2D eigenvalue weighted by atomic mass is 16.5. The summed E-state index contributed by atoms with van der Waals surface area (Å²) in [5.74, 6) is 0.818. The SMILES string of the molecule is Cc1ccccc1OC[C@]1(O)COCCN(C(=O)c2nccn2C)C1. The van der Waals surface area contributed by atoms with Gasteiger partial charge in [-0.25, -0.2) is 4.98 Å². The number of benzene rings is 1. The van der Waals surface area contributed by atoms with Gasteiger partial charge in [0.1, 0.15) is 18.0 Å². The Morgan fingerprint density at radius 3 is 2.96 bits per heavy atom. The van der Waals surface area contributed by atoms with Gasteiger partial charge in [-0.15, -0.1) is 0 Å². The summed E-state index contributed by atoms with van der Waals surface area (Å²) in [7, 11) is 1.77. The molecular formula is C18H23N3O4. The van der Waals surface area contributed by atoms with E-state index in [1.807, 2.05) is 31.2 Å². The van der Waals surface area contributed by atoms with E-state index in [0.29, 0.717) is 24.7 Å². The van der Waals surface area contributed by atoms with Gasteiger partial charge in [0, 0.05) is 26.0 Å². The van der Waals surface area contributed by atoms with Gasteiger partial charge in [-0.05, 0) is 18.6 Å². The predicted molar refractivity (Wildman–Crippen MR) is 91.6 cm³/mol. The minimum absolute atomic E-state index is 0.0438. The maximum Gasteiger partial charge on any atom is 0.290 e. The van der Waals surface area contributed by atoms with Crippen molar-refractivity contribution in [2.45, 2.75) is 12.5 Å². The first-order chi connectivity index (χ1) is 12.0. The molecule has 1 aromatic carbocycles. The molecule has 1 aliphatic rings. The molecule has 1 N–H and O–H groups in total. The fourth-order valence-corrected chi connectivity index (χ4v) is 2.82. The molecule has 1 amide bonds. The molecule has 2 aromatic rings. The van der Waals surface area contributed by atoms with Crippen LogP contribution in [0.15, 0.2) is 36.7 Å². The van der Waals surface area contributed by atoms with Crippen molar-refractivity contribution in [1.82, 2.24) is 14.5 Å². The Kier molecular flexibility index (Phi) is 5.06. The zero-order chi connectivity index (χ0) is 17.9. The number of nitrogens with zero attached hydrogens (tertiary/aromatic N) is 3. The minimum atomic E-state index is -1.28. The van der Waals surface area contributed by atoms with Crippen LogP contribution < -0.4 is 4.74 Å². The van der Waals surface area contributed by atoms with Crippen LogP contribution in [0.1, 0.15) is 16.2 Å². The number of rotatable bonds is 4. The van der Waals surface area contributed by atoms with Gasteiger partial charge in [-0.2, -0.15) is 0 Å². The van der Waals surface area contributed by atoms with Crippen molar-refractivity contribution in [2.24, 2.45) is 7.05 Å². The number of β-amino-alcohol motifs (C(OH)–C–C–N with tert-alkyl or cyclic N) is 1. The molecule has 1 fully saturated rings. The van der Waals surface area contributed by atoms with Gasteiger partial charge in [-0.1, -0.05) is 18.2 Å². The van der Waals surface area contributed by atoms with Gasteiger partial charge in [0.25, 0.3) is 5.91 Å². The van der Waals surface area contributed by atoms with E-state index in [1.54, 1.807) is 28.9 Å². The summed E-state index contributed by atoms with van der Waals surface area (Å²) in [5, 5.41) is 10.9. The maximum absolute atomic E-state index is 12.7. The molecule has 1 saturated heterocycles. The van der Waals surface area contributed by atoms with Gasteiger partial charge >= 0.3 is 0 Å². The summed E-state index contributed by atoms with van der Waals surface area (Å²) >= 11 is 0. The molecule has 134 valence electrons. The lowest BCUT2D eigenvalue weighted by Crippen LogP contribution is -2.50. The van der Waals surface area contributed by atoms with Crippen molar-refractivity contribution in [3.05, 3.63) is 48.0 Å². The van der Waals surface area contributed by atoms with E-state index in [4.69, 9.17) is 9.47 Å². The van der Waals surface area contributed by atoms with Crippen molar-refractivity contribution < 1.29 is 19.4 Å². The number of amides is 1. The Morgan fingerprint density at radius 2 is 2.24 bits per heavy atom. The Labute approximate surface area is 146 Å². The zero-order valence-corrected chi connectivity index (χ0v) is 14.5. The normalized spacial score (nSPS) is 21.0. The lowest BCUT2D eigenvalue weighted by atomic mass is 10.1. The Bertz CT molecular complexity index is 745. The molecule has 0 unspecified atom stereocenters. The third-order valence-electron chi connectivity index (χ3n) is 4.25. The monoisotopic (exact) mass is 345 g/mol. The van der Waals surface area contributed by atoms with Gasteiger partial charge < -0.3 is 24.0 Å². The summed E-state index contributed by atoms with van der Waals surface area (Å²) in [6.07, 6.45) is 3.30. The van der Waals surface area contributed by atoms with Crippen LogP contribution >= 0.6 is 0 Å². The summed E-state index contributed by atoms with van der Waals surface area (Å²) in [5.41, 5.74) is -0.291. The van der Waals surface area contributed by atoms with Crippen molar-refractivity contribution in [3.8, 4) is 5.75 Å². The number of para-hydroxylation sites is 1. The van der Waals surface area contributed by atoms with Gasteiger partial charge in [0.05, 0.1) is 19.8 Å². The molecule has 0 spiro atoms. The molecule has 2 heterocycles. The number of aromatic nitrogens is 2. The number of hydrogen-bond donors (Lipinski definition) is 1. The van der Waals surface area contributed by atoms with Crippen LogP contribution in [0.5, 0.6) is 5.75 Å². The van der Waals surface area contributed by atoms with E-state index in [2.05, 4.69) is 4.98 Å². The average Bonchev–Trinajstić information content (AvgIpc) is 2.92. The number of carbonyl (C=O) groups is 1. The van der Waals surface area contributed by atoms with Crippen LogP contribution in [0, 0.1) is 6.92 Å².